The van der Waals surface area contributed by atoms with E-state index < -0.39 is 6.10 Å². The number of para-hydroxylation sites is 2. The van der Waals surface area contributed by atoms with E-state index in [1.54, 1.807) is 11.2 Å². The van der Waals surface area contributed by atoms with Crippen LogP contribution in [0.2, 0.25) is 0 Å². The van der Waals surface area contributed by atoms with Crippen molar-refractivity contribution in [1.82, 2.24) is 4.90 Å². The van der Waals surface area contributed by atoms with Crippen LogP contribution in [-0.2, 0) is 16.1 Å². The van der Waals surface area contributed by atoms with Gasteiger partial charge in [0.15, 0.2) is 11.5 Å². The number of hydrogen-bond acceptors (Lipinski definition) is 5. The van der Waals surface area contributed by atoms with Gasteiger partial charge in [0.25, 0.3) is 5.91 Å². The highest BCUT2D eigenvalue weighted by molar-refractivity contribution is 5.82. The summed E-state index contributed by atoms with van der Waals surface area (Å²) >= 11 is 0. The van der Waals surface area contributed by atoms with Crippen molar-refractivity contribution in [3.63, 3.8) is 0 Å². The summed E-state index contributed by atoms with van der Waals surface area (Å²) in [7, 11) is 0. The van der Waals surface area contributed by atoms with E-state index in [0.717, 1.165) is 25.2 Å². The van der Waals surface area contributed by atoms with Gasteiger partial charge in [0.1, 0.15) is 11.9 Å². The Morgan fingerprint density at radius 2 is 1.96 bits per heavy atom. The van der Waals surface area contributed by atoms with Gasteiger partial charge in [-0.3, -0.25) is 4.79 Å². The molecule has 0 spiro atoms. The minimum atomic E-state index is -0.693. The number of carbonyl (C=O) groups is 1. The molecule has 138 valence electrons. The number of furan rings is 1. The molecular weight excluding hydrogens is 334 g/mol. The summed E-state index contributed by atoms with van der Waals surface area (Å²) in [6, 6.07) is 11.1. The van der Waals surface area contributed by atoms with E-state index in [2.05, 4.69) is 0 Å². The molecule has 0 radical (unpaired) electrons. The fraction of sp³-hybridized carbons (Fsp3) is 0.450. The van der Waals surface area contributed by atoms with Crippen LogP contribution in [0.1, 0.15) is 25.5 Å². The first kappa shape index (κ1) is 17.0. The topological polar surface area (TPSA) is 61.1 Å². The van der Waals surface area contributed by atoms with Crippen molar-refractivity contribution in [1.29, 1.82) is 0 Å². The highest BCUT2D eigenvalue weighted by Crippen LogP contribution is 2.34. The first-order chi connectivity index (χ1) is 12.7. The summed E-state index contributed by atoms with van der Waals surface area (Å²) < 4.78 is 23.0. The SMILES string of the molecule is C[C@@H]1Oc2ccccc2O[C@@H]1C(=O)N(Cc1ccco1)C[C@H]1CCCO1. The standard InChI is InChI=1S/C20H23NO5/c1-14-19(26-18-9-3-2-8-17(18)25-14)20(22)21(12-15-6-4-10-23-15)13-16-7-5-11-24-16/h2-4,6,8-10,14,16,19H,5,7,11-13H2,1H3/t14-,16+,19-/m0/s1. The molecular formula is C20H23NO5. The second-order valence-corrected chi connectivity index (χ2v) is 6.74. The zero-order valence-electron chi connectivity index (χ0n) is 14.8. The Kier molecular flexibility index (Phi) is 4.84. The Morgan fingerprint density at radius 1 is 1.15 bits per heavy atom. The van der Waals surface area contributed by atoms with Gasteiger partial charge >= 0.3 is 0 Å². The van der Waals surface area contributed by atoms with Crippen LogP contribution in [0.15, 0.2) is 47.1 Å². The van der Waals surface area contributed by atoms with Crippen molar-refractivity contribution in [2.45, 2.75) is 44.6 Å². The summed E-state index contributed by atoms with van der Waals surface area (Å²) in [5.41, 5.74) is 0. The average Bonchev–Trinajstić information content (AvgIpc) is 3.34. The molecule has 1 aromatic heterocycles. The molecule has 1 aromatic carbocycles. The lowest BCUT2D eigenvalue weighted by atomic mass is 10.1. The first-order valence-corrected chi connectivity index (χ1v) is 9.06. The number of amides is 1. The number of rotatable bonds is 5. The van der Waals surface area contributed by atoms with Crippen LogP contribution >= 0.6 is 0 Å². The Balaban J connectivity index is 1.53. The molecule has 0 bridgehead atoms. The summed E-state index contributed by atoms with van der Waals surface area (Å²) in [5, 5.41) is 0. The van der Waals surface area contributed by atoms with Crippen molar-refractivity contribution in [3.05, 3.63) is 48.4 Å². The van der Waals surface area contributed by atoms with Gasteiger partial charge in [-0.05, 0) is 44.0 Å². The lowest BCUT2D eigenvalue weighted by Crippen LogP contribution is -2.51. The third kappa shape index (κ3) is 3.55. The van der Waals surface area contributed by atoms with Crippen LogP contribution in [0.4, 0.5) is 0 Å². The van der Waals surface area contributed by atoms with Crippen molar-refractivity contribution in [2.75, 3.05) is 13.2 Å². The molecule has 2 aliphatic heterocycles. The Hall–Kier alpha value is -2.47. The van der Waals surface area contributed by atoms with Crippen molar-refractivity contribution < 1.29 is 23.4 Å². The van der Waals surface area contributed by atoms with Gasteiger partial charge in [-0.1, -0.05) is 12.1 Å². The van der Waals surface area contributed by atoms with Crippen molar-refractivity contribution in [2.24, 2.45) is 0 Å². The first-order valence-electron chi connectivity index (χ1n) is 9.06. The molecule has 2 aromatic rings. The zero-order chi connectivity index (χ0) is 17.9. The van der Waals surface area contributed by atoms with Crippen LogP contribution in [0.25, 0.3) is 0 Å². The Labute approximate surface area is 152 Å². The fourth-order valence-corrected chi connectivity index (χ4v) is 3.43. The molecule has 0 unspecified atom stereocenters. The van der Waals surface area contributed by atoms with Crippen LogP contribution in [0.5, 0.6) is 11.5 Å². The fourth-order valence-electron chi connectivity index (χ4n) is 3.43. The highest BCUT2D eigenvalue weighted by atomic mass is 16.6. The highest BCUT2D eigenvalue weighted by Gasteiger charge is 2.38. The minimum Gasteiger partial charge on any atom is -0.482 e. The van der Waals surface area contributed by atoms with Gasteiger partial charge in [-0.2, -0.15) is 0 Å². The molecule has 0 aliphatic carbocycles. The smallest absolute Gasteiger partial charge is 0.268 e. The van der Waals surface area contributed by atoms with E-state index >= 15 is 0 Å². The molecule has 6 heteroatoms. The van der Waals surface area contributed by atoms with E-state index in [9.17, 15) is 4.79 Å². The number of ether oxygens (including phenoxy) is 3. The second-order valence-electron chi connectivity index (χ2n) is 6.74. The van der Waals surface area contributed by atoms with Gasteiger partial charge in [-0.15, -0.1) is 0 Å². The molecule has 2 aliphatic rings. The third-order valence-electron chi connectivity index (χ3n) is 4.77. The molecule has 0 saturated carbocycles. The maximum Gasteiger partial charge on any atom is 0.268 e. The summed E-state index contributed by atoms with van der Waals surface area (Å²) in [6.07, 6.45) is 2.59. The van der Waals surface area contributed by atoms with E-state index in [-0.39, 0.29) is 18.1 Å². The molecule has 6 nitrogen and oxygen atoms in total. The van der Waals surface area contributed by atoms with Crippen molar-refractivity contribution >= 4 is 5.91 Å². The predicted molar refractivity (Wildman–Crippen MR) is 94.0 cm³/mol. The molecule has 4 rings (SSSR count). The van der Waals surface area contributed by atoms with E-state index in [1.807, 2.05) is 43.3 Å². The summed E-state index contributed by atoms with van der Waals surface area (Å²) in [6.45, 7) is 3.52. The van der Waals surface area contributed by atoms with Gasteiger partial charge in [0.05, 0.1) is 18.9 Å². The molecule has 1 fully saturated rings. The van der Waals surface area contributed by atoms with Gasteiger partial charge in [0.2, 0.25) is 6.10 Å². The minimum absolute atomic E-state index is 0.0565. The number of fused-ring (bicyclic) bond motifs is 1. The number of benzene rings is 1. The van der Waals surface area contributed by atoms with Crippen LogP contribution in [0.3, 0.4) is 0 Å². The average molecular weight is 357 g/mol. The summed E-state index contributed by atoms with van der Waals surface area (Å²) in [5.74, 6) is 1.89. The quantitative estimate of drug-likeness (QED) is 0.823. The van der Waals surface area contributed by atoms with E-state index in [0.29, 0.717) is 24.6 Å². The maximum atomic E-state index is 13.3. The molecule has 0 N–H and O–H groups in total. The molecule has 3 heterocycles. The monoisotopic (exact) mass is 357 g/mol. The Bertz CT molecular complexity index is 738. The van der Waals surface area contributed by atoms with Gasteiger partial charge < -0.3 is 23.5 Å². The van der Waals surface area contributed by atoms with Gasteiger partial charge in [-0.25, -0.2) is 0 Å². The largest absolute Gasteiger partial charge is 0.482 e. The number of nitrogens with zero attached hydrogens (tertiary/aromatic N) is 1. The van der Waals surface area contributed by atoms with Gasteiger partial charge in [0, 0.05) is 13.2 Å². The lowest BCUT2D eigenvalue weighted by molar-refractivity contribution is -0.147. The molecule has 26 heavy (non-hydrogen) atoms. The van der Waals surface area contributed by atoms with E-state index in [4.69, 9.17) is 18.6 Å². The summed E-state index contributed by atoms with van der Waals surface area (Å²) in [4.78, 5) is 15.0. The van der Waals surface area contributed by atoms with Crippen LogP contribution < -0.4 is 9.47 Å². The van der Waals surface area contributed by atoms with Crippen LogP contribution in [0, 0.1) is 0 Å². The molecule has 1 saturated heterocycles. The third-order valence-corrected chi connectivity index (χ3v) is 4.77. The second kappa shape index (κ2) is 7.41. The predicted octanol–water partition coefficient (Wildman–Crippen LogP) is 3.02. The number of hydrogen-bond donors (Lipinski definition) is 0. The Morgan fingerprint density at radius 3 is 2.65 bits per heavy atom. The molecule has 1 amide bonds. The maximum absolute atomic E-state index is 13.3. The van der Waals surface area contributed by atoms with Crippen molar-refractivity contribution in [3.8, 4) is 11.5 Å². The normalized spacial score (nSPS) is 24.4. The lowest BCUT2D eigenvalue weighted by Gasteiger charge is -2.35. The van der Waals surface area contributed by atoms with Crippen LogP contribution in [-0.4, -0.2) is 42.3 Å². The molecule has 3 atom stereocenters. The number of carbonyl (C=O) groups excluding carboxylic acids is 1. The zero-order valence-corrected chi connectivity index (χ0v) is 14.8. The van der Waals surface area contributed by atoms with E-state index in [1.165, 1.54) is 0 Å².